The van der Waals surface area contributed by atoms with E-state index in [4.69, 9.17) is 10.5 Å². The Kier molecular flexibility index (Phi) is 3.27. The quantitative estimate of drug-likeness (QED) is 0.873. The Morgan fingerprint density at radius 3 is 2.47 bits per heavy atom. The fourth-order valence-corrected chi connectivity index (χ4v) is 1.56. The van der Waals surface area contributed by atoms with Crippen molar-refractivity contribution in [1.29, 1.82) is 0 Å². The first-order valence-corrected chi connectivity index (χ1v) is 5.69. The maximum Gasteiger partial charge on any atom is 0.223 e. The summed E-state index contributed by atoms with van der Waals surface area (Å²) in [6.45, 7) is 4.61. The normalized spacial score (nSPS) is 10.5. The Bertz CT molecular complexity index is 490. The van der Waals surface area contributed by atoms with Crippen LogP contribution in [-0.2, 0) is 6.42 Å². The van der Waals surface area contributed by atoms with E-state index in [9.17, 15) is 0 Å². The Labute approximate surface area is 100 Å². The Hall–Kier alpha value is -2.04. The number of aryl methyl sites for hydroxylation is 1. The van der Waals surface area contributed by atoms with Crippen molar-refractivity contribution in [3.63, 3.8) is 0 Å². The molecule has 0 radical (unpaired) electrons. The predicted octanol–water partition coefficient (Wildman–Crippen LogP) is 1.81. The van der Waals surface area contributed by atoms with E-state index in [0.29, 0.717) is 12.6 Å². The highest BCUT2D eigenvalue weighted by atomic mass is 16.5. The third-order valence-electron chi connectivity index (χ3n) is 2.38. The fraction of sp³-hybridized carbons (Fsp3) is 0.333. The van der Waals surface area contributed by atoms with Gasteiger partial charge in [-0.2, -0.15) is 9.67 Å². The van der Waals surface area contributed by atoms with Crippen molar-refractivity contribution in [3.05, 3.63) is 30.1 Å². The summed E-state index contributed by atoms with van der Waals surface area (Å²) in [6.07, 6.45) is 0.772. The molecular weight excluding hydrogens is 216 g/mol. The number of nitrogens with two attached hydrogens (primary N) is 1. The van der Waals surface area contributed by atoms with Gasteiger partial charge in [-0.15, -0.1) is 5.10 Å². The molecule has 0 aliphatic rings. The first-order valence-electron chi connectivity index (χ1n) is 5.69. The molecule has 0 fully saturated rings. The first kappa shape index (κ1) is 11.4. The lowest BCUT2D eigenvalue weighted by molar-refractivity contribution is 0.340. The first-order chi connectivity index (χ1) is 8.24. The van der Waals surface area contributed by atoms with Crippen LogP contribution in [-0.4, -0.2) is 21.4 Å². The zero-order valence-corrected chi connectivity index (χ0v) is 10.1. The van der Waals surface area contributed by atoms with Crippen LogP contribution < -0.4 is 10.5 Å². The second kappa shape index (κ2) is 4.86. The van der Waals surface area contributed by atoms with Crippen molar-refractivity contribution in [2.24, 2.45) is 0 Å². The molecule has 5 heteroatoms. The lowest BCUT2D eigenvalue weighted by atomic mass is 10.3. The molecule has 0 saturated heterocycles. The molecule has 0 unspecified atom stereocenters. The van der Waals surface area contributed by atoms with Crippen molar-refractivity contribution in [2.75, 3.05) is 12.3 Å². The molecule has 0 aliphatic carbocycles. The van der Waals surface area contributed by atoms with Gasteiger partial charge in [0.1, 0.15) is 5.75 Å². The average Bonchev–Trinajstić information content (AvgIpc) is 2.72. The molecule has 0 bridgehead atoms. The minimum Gasteiger partial charge on any atom is -0.494 e. The molecule has 17 heavy (non-hydrogen) atoms. The molecule has 0 aliphatic heterocycles. The summed E-state index contributed by atoms with van der Waals surface area (Å²) >= 11 is 0. The number of hydrogen-bond donors (Lipinski definition) is 1. The van der Waals surface area contributed by atoms with Crippen molar-refractivity contribution < 1.29 is 4.74 Å². The highest BCUT2D eigenvalue weighted by Gasteiger charge is 2.07. The molecule has 2 N–H and O–H groups in total. The SMILES string of the molecule is CCOc1ccc(-n2nc(CC)nc2N)cc1. The molecule has 0 spiro atoms. The van der Waals surface area contributed by atoms with E-state index in [1.54, 1.807) is 4.68 Å². The third kappa shape index (κ3) is 2.38. The highest BCUT2D eigenvalue weighted by molar-refractivity contribution is 5.41. The average molecular weight is 232 g/mol. The summed E-state index contributed by atoms with van der Waals surface area (Å²) < 4.78 is 7.01. The number of anilines is 1. The number of hydrogen-bond acceptors (Lipinski definition) is 4. The predicted molar refractivity (Wildman–Crippen MR) is 66.3 cm³/mol. The molecule has 90 valence electrons. The summed E-state index contributed by atoms with van der Waals surface area (Å²) in [5, 5.41) is 4.31. The molecule has 0 amide bonds. The summed E-state index contributed by atoms with van der Waals surface area (Å²) in [6, 6.07) is 7.61. The van der Waals surface area contributed by atoms with Crippen LogP contribution in [0.2, 0.25) is 0 Å². The third-order valence-corrected chi connectivity index (χ3v) is 2.38. The van der Waals surface area contributed by atoms with E-state index in [0.717, 1.165) is 23.7 Å². The summed E-state index contributed by atoms with van der Waals surface area (Å²) in [5.41, 5.74) is 6.69. The van der Waals surface area contributed by atoms with Gasteiger partial charge < -0.3 is 10.5 Å². The van der Waals surface area contributed by atoms with Crippen LogP contribution >= 0.6 is 0 Å². The molecule has 2 aromatic rings. The van der Waals surface area contributed by atoms with Crippen LogP contribution in [0.15, 0.2) is 24.3 Å². The fourth-order valence-electron chi connectivity index (χ4n) is 1.56. The van der Waals surface area contributed by atoms with Crippen LogP contribution in [0.1, 0.15) is 19.7 Å². The van der Waals surface area contributed by atoms with Crippen LogP contribution in [0, 0.1) is 0 Å². The van der Waals surface area contributed by atoms with E-state index < -0.39 is 0 Å². The van der Waals surface area contributed by atoms with Gasteiger partial charge in [-0.1, -0.05) is 6.92 Å². The second-order valence-corrected chi connectivity index (χ2v) is 3.58. The summed E-state index contributed by atoms with van der Waals surface area (Å²) in [7, 11) is 0. The van der Waals surface area contributed by atoms with Crippen molar-refractivity contribution in [3.8, 4) is 11.4 Å². The topological polar surface area (TPSA) is 66.0 Å². The van der Waals surface area contributed by atoms with Gasteiger partial charge in [0.2, 0.25) is 5.95 Å². The number of rotatable bonds is 4. The van der Waals surface area contributed by atoms with Gasteiger partial charge in [0.15, 0.2) is 5.82 Å². The molecule has 2 rings (SSSR count). The van der Waals surface area contributed by atoms with E-state index in [-0.39, 0.29) is 0 Å². The maximum atomic E-state index is 5.80. The molecule has 0 saturated carbocycles. The number of ether oxygens (including phenoxy) is 1. The van der Waals surface area contributed by atoms with E-state index in [1.165, 1.54) is 0 Å². The molecule has 5 nitrogen and oxygen atoms in total. The molecule has 1 heterocycles. The highest BCUT2D eigenvalue weighted by Crippen LogP contribution is 2.16. The number of aromatic nitrogens is 3. The summed E-state index contributed by atoms with van der Waals surface area (Å²) in [5.74, 6) is 1.99. The molecule has 0 atom stereocenters. The van der Waals surface area contributed by atoms with Crippen molar-refractivity contribution in [1.82, 2.24) is 14.8 Å². The van der Waals surface area contributed by atoms with Crippen LogP contribution in [0.25, 0.3) is 5.69 Å². The lowest BCUT2D eigenvalue weighted by Gasteiger charge is -2.05. The Morgan fingerprint density at radius 1 is 1.24 bits per heavy atom. The van der Waals surface area contributed by atoms with Crippen LogP contribution in [0.3, 0.4) is 0 Å². The Morgan fingerprint density at radius 2 is 1.94 bits per heavy atom. The minimum atomic E-state index is 0.408. The molecular formula is C12H16N4O. The smallest absolute Gasteiger partial charge is 0.223 e. The second-order valence-electron chi connectivity index (χ2n) is 3.58. The zero-order valence-electron chi connectivity index (χ0n) is 10.1. The minimum absolute atomic E-state index is 0.408. The summed E-state index contributed by atoms with van der Waals surface area (Å²) in [4.78, 5) is 4.16. The van der Waals surface area contributed by atoms with Crippen molar-refractivity contribution >= 4 is 5.95 Å². The van der Waals surface area contributed by atoms with Gasteiger partial charge in [0, 0.05) is 6.42 Å². The van der Waals surface area contributed by atoms with E-state index in [1.807, 2.05) is 38.1 Å². The van der Waals surface area contributed by atoms with Gasteiger partial charge >= 0.3 is 0 Å². The van der Waals surface area contributed by atoms with Gasteiger partial charge in [0.25, 0.3) is 0 Å². The number of nitrogen functional groups attached to an aromatic ring is 1. The largest absolute Gasteiger partial charge is 0.494 e. The van der Waals surface area contributed by atoms with Crippen molar-refractivity contribution in [2.45, 2.75) is 20.3 Å². The lowest BCUT2D eigenvalue weighted by Crippen LogP contribution is -2.02. The van der Waals surface area contributed by atoms with Gasteiger partial charge in [0.05, 0.1) is 12.3 Å². The zero-order chi connectivity index (χ0) is 12.3. The Balaban J connectivity index is 2.29. The van der Waals surface area contributed by atoms with E-state index >= 15 is 0 Å². The molecule has 1 aromatic carbocycles. The van der Waals surface area contributed by atoms with Gasteiger partial charge in [-0.25, -0.2) is 0 Å². The number of nitrogens with zero attached hydrogens (tertiary/aromatic N) is 3. The standard InChI is InChI=1S/C12H16N4O/c1-3-11-14-12(13)16(15-11)9-5-7-10(8-6-9)17-4-2/h5-8H,3-4H2,1-2H3,(H2,13,14,15). The molecule has 1 aromatic heterocycles. The van der Waals surface area contributed by atoms with Crippen LogP contribution in [0.5, 0.6) is 5.75 Å². The van der Waals surface area contributed by atoms with E-state index in [2.05, 4.69) is 10.1 Å². The maximum absolute atomic E-state index is 5.80. The van der Waals surface area contributed by atoms with Crippen LogP contribution in [0.4, 0.5) is 5.95 Å². The van der Waals surface area contributed by atoms with Gasteiger partial charge in [-0.05, 0) is 31.2 Å². The van der Waals surface area contributed by atoms with Gasteiger partial charge in [-0.3, -0.25) is 0 Å². The monoisotopic (exact) mass is 232 g/mol. The number of benzene rings is 1.